The van der Waals surface area contributed by atoms with Crippen LogP contribution in [0.15, 0.2) is 6.07 Å². The summed E-state index contributed by atoms with van der Waals surface area (Å²) in [6.45, 7) is 4.94. The number of anilines is 2. The van der Waals surface area contributed by atoms with Crippen LogP contribution in [0.4, 0.5) is 11.6 Å². The third-order valence-corrected chi connectivity index (χ3v) is 3.82. The van der Waals surface area contributed by atoms with Crippen LogP contribution in [-0.4, -0.2) is 48.9 Å². The van der Waals surface area contributed by atoms with Crippen LogP contribution in [-0.2, 0) is 16.1 Å². The molecule has 3 heterocycles. The van der Waals surface area contributed by atoms with Gasteiger partial charge in [-0.25, -0.2) is 9.97 Å². The predicted molar refractivity (Wildman–Crippen MR) is 77.0 cm³/mol. The van der Waals surface area contributed by atoms with E-state index in [1.165, 1.54) is 0 Å². The van der Waals surface area contributed by atoms with Crippen LogP contribution in [0, 0.1) is 0 Å². The van der Waals surface area contributed by atoms with Crippen molar-refractivity contribution in [3.8, 4) is 0 Å². The van der Waals surface area contributed by atoms with Crippen molar-refractivity contribution in [1.82, 2.24) is 9.97 Å². The highest BCUT2D eigenvalue weighted by Crippen LogP contribution is 2.29. The summed E-state index contributed by atoms with van der Waals surface area (Å²) in [6, 6.07) is 2.00. The van der Waals surface area contributed by atoms with Crippen LogP contribution < -0.4 is 10.2 Å². The number of morpholine rings is 1. The number of rotatable bonds is 5. The first-order valence-electron chi connectivity index (χ1n) is 7.32. The van der Waals surface area contributed by atoms with Gasteiger partial charge in [0.1, 0.15) is 18.2 Å². The van der Waals surface area contributed by atoms with Crippen LogP contribution in [0.25, 0.3) is 0 Å². The molecule has 0 saturated carbocycles. The largest absolute Gasteiger partial charge is 0.374 e. The molecule has 6 nitrogen and oxygen atoms in total. The molecule has 2 unspecified atom stereocenters. The van der Waals surface area contributed by atoms with Crippen LogP contribution in [0.3, 0.4) is 0 Å². The molecule has 3 rings (SSSR count). The first kappa shape index (κ1) is 13.6. The summed E-state index contributed by atoms with van der Waals surface area (Å²) < 4.78 is 11.3. The van der Waals surface area contributed by atoms with E-state index in [1.807, 2.05) is 20.0 Å². The molecule has 0 radical (unpaired) electrons. The van der Waals surface area contributed by atoms with E-state index in [9.17, 15) is 0 Å². The van der Waals surface area contributed by atoms with Crippen molar-refractivity contribution >= 4 is 11.6 Å². The fourth-order valence-corrected chi connectivity index (χ4v) is 2.83. The number of hydrogen-bond donors (Lipinski definition) is 1. The maximum absolute atomic E-state index is 5.88. The normalized spacial score (nSPS) is 25.0. The third kappa shape index (κ3) is 2.86. The van der Waals surface area contributed by atoms with Gasteiger partial charge in [-0.15, -0.1) is 0 Å². The Morgan fingerprint density at radius 2 is 2.10 bits per heavy atom. The van der Waals surface area contributed by atoms with Crippen molar-refractivity contribution < 1.29 is 9.47 Å². The Morgan fingerprint density at radius 3 is 2.75 bits per heavy atom. The Bertz CT molecular complexity index is 456. The first-order valence-corrected chi connectivity index (χ1v) is 7.32. The lowest BCUT2D eigenvalue weighted by Gasteiger charge is -2.33. The molecule has 2 fully saturated rings. The monoisotopic (exact) mass is 278 g/mol. The average molecular weight is 278 g/mol. The summed E-state index contributed by atoms with van der Waals surface area (Å²) in [5, 5.41) is 3.10. The maximum Gasteiger partial charge on any atom is 0.158 e. The van der Waals surface area contributed by atoms with Gasteiger partial charge in [-0.2, -0.15) is 0 Å². The van der Waals surface area contributed by atoms with E-state index in [2.05, 4.69) is 20.2 Å². The third-order valence-electron chi connectivity index (χ3n) is 3.82. The van der Waals surface area contributed by atoms with E-state index in [4.69, 9.17) is 9.47 Å². The smallest absolute Gasteiger partial charge is 0.158 e. The summed E-state index contributed by atoms with van der Waals surface area (Å²) in [7, 11) is 1.87. The van der Waals surface area contributed by atoms with Gasteiger partial charge in [0.25, 0.3) is 0 Å². The minimum absolute atomic E-state index is 0.358. The Hall–Kier alpha value is -1.40. The summed E-state index contributed by atoms with van der Waals surface area (Å²) in [5.41, 5.74) is 0. The SMILES string of the molecule is CCOCc1nc(NC)cc(N2CC3CCC(C2)O3)n1. The quantitative estimate of drug-likeness (QED) is 0.879. The fourth-order valence-electron chi connectivity index (χ4n) is 2.83. The first-order chi connectivity index (χ1) is 9.78. The van der Waals surface area contributed by atoms with Gasteiger partial charge in [0.05, 0.1) is 12.2 Å². The lowest BCUT2D eigenvalue weighted by molar-refractivity contribution is 0.0302. The van der Waals surface area contributed by atoms with Gasteiger partial charge < -0.3 is 19.7 Å². The second-order valence-corrected chi connectivity index (χ2v) is 5.28. The molecule has 0 aromatic carbocycles. The molecule has 1 aromatic heterocycles. The minimum atomic E-state index is 0.358. The summed E-state index contributed by atoms with van der Waals surface area (Å²) >= 11 is 0. The van der Waals surface area contributed by atoms with Crippen molar-refractivity contribution in [2.75, 3.05) is 37.0 Å². The van der Waals surface area contributed by atoms with Crippen molar-refractivity contribution in [2.24, 2.45) is 0 Å². The van der Waals surface area contributed by atoms with E-state index >= 15 is 0 Å². The molecule has 2 aliphatic heterocycles. The fraction of sp³-hybridized carbons (Fsp3) is 0.714. The molecular weight excluding hydrogens is 256 g/mol. The summed E-state index contributed by atoms with van der Waals surface area (Å²) in [5.74, 6) is 2.54. The van der Waals surface area contributed by atoms with Gasteiger partial charge >= 0.3 is 0 Å². The van der Waals surface area contributed by atoms with Crippen molar-refractivity contribution in [1.29, 1.82) is 0 Å². The lowest BCUT2D eigenvalue weighted by Crippen LogP contribution is -2.43. The molecule has 1 N–H and O–H groups in total. The molecule has 0 spiro atoms. The molecule has 20 heavy (non-hydrogen) atoms. The Balaban J connectivity index is 1.80. The molecule has 6 heteroatoms. The lowest BCUT2D eigenvalue weighted by atomic mass is 10.2. The Morgan fingerprint density at radius 1 is 1.35 bits per heavy atom. The standard InChI is InChI=1S/C14H22N4O2/c1-3-19-9-13-16-12(15-2)6-14(17-13)18-7-10-4-5-11(8-18)20-10/h6,10-11H,3-5,7-9H2,1-2H3,(H,15,16,17). The van der Waals surface area contributed by atoms with E-state index < -0.39 is 0 Å². The molecule has 2 saturated heterocycles. The highest BCUT2D eigenvalue weighted by Gasteiger charge is 2.34. The van der Waals surface area contributed by atoms with Crippen LogP contribution in [0.1, 0.15) is 25.6 Å². The number of hydrogen-bond acceptors (Lipinski definition) is 6. The molecule has 2 atom stereocenters. The zero-order valence-electron chi connectivity index (χ0n) is 12.1. The number of ether oxygens (including phenoxy) is 2. The molecule has 1 aromatic rings. The van der Waals surface area contributed by atoms with Gasteiger partial charge in [-0.1, -0.05) is 0 Å². The summed E-state index contributed by atoms with van der Waals surface area (Å²) in [4.78, 5) is 11.4. The highest BCUT2D eigenvalue weighted by molar-refractivity contribution is 5.49. The van der Waals surface area contributed by atoms with Gasteiger partial charge in [0.15, 0.2) is 5.82 Å². The van der Waals surface area contributed by atoms with Gasteiger partial charge in [-0.3, -0.25) is 0 Å². The number of nitrogens with one attached hydrogen (secondary N) is 1. The van der Waals surface area contributed by atoms with E-state index in [-0.39, 0.29) is 0 Å². The molecule has 2 bridgehead atoms. The molecule has 2 aliphatic rings. The number of nitrogens with zero attached hydrogens (tertiary/aromatic N) is 3. The second-order valence-electron chi connectivity index (χ2n) is 5.28. The van der Waals surface area contributed by atoms with E-state index in [1.54, 1.807) is 0 Å². The maximum atomic E-state index is 5.88. The topological polar surface area (TPSA) is 59.5 Å². The van der Waals surface area contributed by atoms with E-state index in [0.29, 0.717) is 25.4 Å². The Labute approximate surface area is 119 Å². The minimum Gasteiger partial charge on any atom is -0.374 e. The van der Waals surface area contributed by atoms with Gasteiger partial charge in [0.2, 0.25) is 0 Å². The van der Waals surface area contributed by atoms with Gasteiger partial charge in [0, 0.05) is 32.8 Å². The number of fused-ring (bicyclic) bond motifs is 2. The molecule has 0 aliphatic carbocycles. The molecule has 0 amide bonds. The van der Waals surface area contributed by atoms with Crippen LogP contribution >= 0.6 is 0 Å². The van der Waals surface area contributed by atoms with Crippen LogP contribution in [0.5, 0.6) is 0 Å². The van der Waals surface area contributed by atoms with Crippen molar-refractivity contribution in [3.05, 3.63) is 11.9 Å². The molecular formula is C14H22N4O2. The van der Waals surface area contributed by atoms with Gasteiger partial charge in [-0.05, 0) is 19.8 Å². The van der Waals surface area contributed by atoms with Crippen molar-refractivity contribution in [3.63, 3.8) is 0 Å². The predicted octanol–water partition coefficient (Wildman–Crippen LogP) is 1.42. The number of aromatic nitrogens is 2. The average Bonchev–Trinajstić information content (AvgIpc) is 2.83. The van der Waals surface area contributed by atoms with Crippen LogP contribution in [0.2, 0.25) is 0 Å². The summed E-state index contributed by atoms with van der Waals surface area (Å²) in [6.07, 6.45) is 3.04. The van der Waals surface area contributed by atoms with Crippen molar-refractivity contribution in [2.45, 2.75) is 38.6 Å². The molecule has 110 valence electrons. The Kier molecular flexibility index (Phi) is 4.03. The second kappa shape index (κ2) is 5.93. The highest BCUT2D eigenvalue weighted by atomic mass is 16.5. The van der Waals surface area contributed by atoms with E-state index in [0.717, 1.165) is 43.4 Å². The zero-order valence-corrected chi connectivity index (χ0v) is 12.1. The zero-order chi connectivity index (χ0) is 13.9.